The average molecular weight is 295 g/mol. The van der Waals surface area contributed by atoms with Crippen molar-refractivity contribution in [2.75, 3.05) is 18.0 Å². The number of hydrogen-bond acceptors (Lipinski definition) is 4. The van der Waals surface area contributed by atoms with Crippen molar-refractivity contribution in [3.63, 3.8) is 0 Å². The molecule has 1 aromatic heterocycles. The van der Waals surface area contributed by atoms with E-state index in [1.807, 2.05) is 11.3 Å². The molecule has 0 saturated heterocycles. The molecular weight excluding hydrogens is 266 g/mol. The minimum Gasteiger partial charge on any atom is -0.348 e. The molecule has 114 valence electrons. The van der Waals surface area contributed by atoms with Gasteiger partial charge in [-0.25, -0.2) is 4.98 Å². The van der Waals surface area contributed by atoms with E-state index in [9.17, 15) is 0 Å². The SMILES string of the molecule is CCc1nc(N(CC)CC2CCC2)sc1CNC(C)C. The van der Waals surface area contributed by atoms with Crippen molar-refractivity contribution >= 4 is 16.5 Å². The molecule has 0 amide bonds. The van der Waals surface area contributed by atoms with Crippen LogP contribution < -0.4 is 10.2 Å². The zero-order chi connectivity index (χ0) is 14.5. The smallest absolute Gasteiger partial charge is 0.185 e. The first-order chi connectivity index (χ1) is 9.63. The standard InChI is InChI=1S/C16H29N3S/c1-5-14-15(10-17-12(3)4)20-16(18-14)19(6-2)11-13-8-7-9-13/h12-13,17H,5-11H2,1-4H3. The van der Waals surface area contributed by atoms with E-state index < -0.39 is 0 Å². The molecule has 0 unspecified atom stereocenters. The summed E-state index contributed by atoms with van der Waals surface area (Å²) in [7, 11) is 0. The van der Waals surface area contributed by atoms with Crippen LogP contribution in [0.4, 0.5) is 5.13 Å². The molecule has 0 atom stereocenters. The molecule has 0 radical (unpaired) electrons. The van der Waals surface area contributed by atoms with E-state index in [0.717, 1.165) is 25.4 Å². The van der Waals surface area contributed by atoms with Crippen LogP contribution in [0.1, 0.15) is 57.5 Å². The zero-order valence-corrected chi connectivity index (χ0v) is 14.2. The van der Waals surface area contributed by atoms with Gasteiger partial charge in [-0.1, -0.05) is 27.2 Å². The molecule has 1 saturated carbocycles. The number of anilines is 1. The zero-order valence-electron chi connectivity index (χ0n) is 13.4. The molecular formula is C16H29N3S. The third kappa shape index (κ3) is 3.95. The quantitative estimate of drug-likeness (QED) is 0.790. The Labute approximate surface area is 127 Å². The summed E-state index contributed by atoms with van der Waals surface area (Å²) in [6.07, 6.45) is 5.27. The Morgan fingerprint density at radius 3 is 2.60 bits per heavy atom. The Morgan fingerprint density at radius 2 is 2.10 bits per heavy atom. The van der Waals surface area contributed by atoms with Crippen molar-refractivity contribution in [1.29, 1.82) is 0 Å². The first-order valence-electron chi connectivity index (χ1n) is 8.10. The Morgan fingerprint density at radius 1 is 1.35 bits per heavy atom. The number of aromatic nitrogens is 1. The second kappa shape index (κ2) is 7.41. The van der Waals surface area contributed by atoms with Gasteiger partial charge in [-0.15, -0.1) is 11.3 Å². The highest BCUT2D eigenvalue weighted by Crippen LogP contribution is 2.32. The number of nitrogens with zero attached hydrogens (tertiary/aromatic N) is 2. The molecule has 20 heavy (non-hydrogen) atoms. The van der Waals surface area contributed by atoms with Gasteiger partial charge in [-0.05, 0) is 32.1 Å². The number of aryl methyl sites for hydroxylation is 1. The van der Waals surface area contributed by atoms with Crippen molar-refractivity contribution in [3.05, 3.63) is 10.6 Å². The average Bonchev–Trinajstić information content (AvgIpc) is 2.78. The van der Waals surface area contributed by atoms with E-state index in [-0.39, 0.29) is 0 Å². The maximum Gasteiger partial charge on any atom is 0.185 e. The Bertz CT molecular complexity index is 410. The molecule has 1 aromatic rings. The molecule has 2 rings (SSSR count). The molecule has 1 aliphatic carbocycles. The highest BCUT2D eigenvalue weighted by atomic mass is 32.1. The van der Waals surface area contributed by atoms with Crippen LogP contribution in [-0.4, -0.2) is 24.1 Å². The van der Waals surface area contributed by atoms with Gasteiger partial charge in [0.05, 0.1) is 5.69 Å². The van der Waals surface area contributed by atoms with Crippen LogP contribution in [0.2, 0.25) is 0 Å². The van der Waals surface area contributed by atoms with E-state index in [1.54, 1.807) is 0 Å². The fraction of sp³-hybridized carbons (Fsp3) is 0.812. The largest absolute Gasteiger partial charge is 0.348 e. The van der Waals surface area contributed by atoms with Gasteiger partial charge in [0.1, 0.15) is 0 Å². The molecule has 1 aliphatic rings. The fourth-order valence-electron chi connectivity index (χ4n) is 2.55. The van der Waals surface area contributed by atoms with Gasteiger partial charge in [0, 0.05) is 30.6 Å². The van der Waals surface area contributed by atoms with E-state index in [4.69, 9.17) is 4.98 Å². The normalized spacial score (nSPS) is 15.7. The van der Waals surface area contributed by atoms with Crippen molar-refractivity contribution in [1.82, 2.24) is 10.3 Å². The third-order valence-corrected chi connectivity index (χ3v) is 5.29. The van der Waals surface area contributed by atoms with Gasteiger partial charge in [0.25, 0.3) is 0 Å². The predicted molar refractivity (Wildman–Crippen MR) is 88.7 cm³/mol. The minimum atomic E-state index is 0.530. The van der Waals surface area contributed by atoms with Gasteiger partial charge in [-0.2, -0.15) is 0 Å². The summed E-state index contributed by atoms with van der Waals surface area (Å²) in [5, 5.41) is 4.75. The van der Waals surface area contributed by atoms with Crippen LogP contribution in [-0.2, 0) is 13.0 Å². The van der Waals surface area contributed by atoms with Crippen LogP contribution in [0.25, 0.3) is 0 Å². The molecule has 0 aromatic carbocycles. The van der Waals surface area contributed by atoms with Crippen LogP contribution in [0, 0.1) is 5.92 Å². The van der Waals surface area contributed by atoms with Gasteiger partial charge >= 0.3 is 0 Å². The summed E-state index contributed by atoms with van der Waals surface area (Å²) in [4.78, 5) is 8.79. The van der Waals surface area contributed by atoms with Gasteiger partial charge in [-0.3, -0.25) is 0 Å². The Hall–Kier alpha value is -0.610. The van der Waals surface area contributed by atoms with Gasteiger partial charge in [0.15, 0.2) is 5.13 Å². The lowest BCUT2D eigenvalue weighted by molar-refractivity contribution is 0.318. The van der Waals surface area contributed by atoms with Crippen molar-refractivity contribution in [2.24, 2.45) is 5.92 Å². The monoisotopic (exact) mass is 295 g/mol. The third-order valence-electron chi connectivity index (χ3n) is 4.13. The van der Waals surface area contributed by atoms with Crippen LogP contribution in [0.5, 0.6) is 0 Å². The van der Waals surface area contributed by atoms with Crippen molar-refractivity contribution < 1.29 is 0 Å². The first-order valence-corrected chi connectivity index (χ1v) is 8.92. The molecule has 0 spiro atoms. The Balaban J connectivity index is 2.05. The minimum absolute atomic E-state index is 0.530. The maximum absolute atomic E-state index is 4.89. The predicted octanol–water partition coefficient (Wildman–Crippen LogP) is 3.83. The second-order valence-corrected chi connectivity index (χ2v) is 7.15. The summed E-state index contributed by atoms with van der Waals surface area (Å²) >= 11 is 1.89. The van der Waals surface area contributed by atoms with Crippen LogP contribution in [0.15, 0.2) is 0 Å². The van der Waals surface area contributed by atoms with E-state index in [2.05, 4.69) is 37.9 Å². The van der Waals surface area contributed by atoms with E-state index in [0.29, 0.717) is 6.04 Å². The Kier molecular flexibility index (Phi) is 5.85. The molecule has 1 fully saturated rings. The molecule has 0 bridgehead atoms. The maximum atomic E-state index is 4.89. The van der Waals surface area contributed by atoms with Gasteiger partial charge in [0.2, 0.25) is 0 Å². The van der Waals surface area contributed by atoms with Gasteiger partial charge < -0.3 is 10.2 Å². The topological polar surface area (TPSA) is 28.2 Å². The number of nitrogens with one attached hydrogen (secondary N) is 1. The van der Waals surface area contributed by atoms with Crippen LogP contribution in [0.3, 0.4) is 0 Å². The molecule has 0 aliphatic heterocycles. The summed E-state index contributed by atoms with van der Waals surface area (Å²) in [6, 6.07) is 0.530. The number of thiazole rings is 1. The highest BCUT2D eigenvalue weighted by Gasteiger charge is 2.22. The lowest BCUT2D eigenvalue weighted by Gasteiger charge is -2.31. The highest BCUT2D eigenvalue weighted by molar-refractivity contribution is 7.15. The van der Waals surface area contributed by atoms with Crippen LogP contribution >= 0.6 is 11.3 Å². The number of rotatable bonds is 8. The summed E-state index contributed by atoms with van der Waals surface area (Å²) in [6.45, 7) is 12.1. The summed E-state index contributed by atoms with van der Waals surface area (Å²) < 4.78 is 0. The van der Waals surface area contributed by atoms with Crippen molar-refractivity contribution in [2.45, 2.75) is 66.0 Å². The molecule has 1 N–H and O–H groups in total. The fourth-order valence-corrected chi connectivity index (χ4v) is 3.72. The summed E-state index contributed by atoms with van der Waals surface area (Å²) in [5.41, 5.74) is 1.28. The molecule has 3 nitrogen and oxygen atoms in total. The molecule has 1 heterocycles. The lowest BCUT2D eigenvalue weighted by Crippen LogP contribution is -2.32. The van der Waals surface area contributed by atoms with E-state index >= 15 is 0 Å². The lowest BCUT2D eigenvalue weighted by atomic mass is 9.85. The molecule has 4 heteroatoms. The second-order valence-electron chi connectivity index (χ2n) is 6.09. The van der Waals surface area contributed by atoms with E-state index in [1.165, 1.54) is 41.5 Å². The summed E-state index contributed by atoms with van der Waals surface area (Å²) in [5.74, 6) is 0.904. The van der Waals surface area contributed by atoms with Crippen molar-refractivity contribution in [3.8, 4) is 0 Å². The number of hydrogen-bond donors (Lipinski definition) is 1. The first kappa shape index (κ1) is 15.8.